The summed E-state index contributed by atoms with van der Waals surface area (Å²) in [4.78, 5) is 5.66. The SMILES string of the molecule is COCCCNCc1c(C)nc2scc(C)n12. The zero-order valence-electron chi connectivity index (χ0n) is 10.6. The fraction of sp³-hybridized carbons (Fsp3) is 0.583. The number of rotatable bonds is 6. The van der Waals surface area contributed by atoms with Gasteiger partial charge in [0, 0.05) is 31.3 Å². The van der Waals surface area contributed by atoms with E-state index >= 15 is 0 Å². The Morgan fingerprint density at radius 2 is 2.29 bits per heavy atom. The number of hydrogen-bond acceptors (Lipinski definition) is 4. The summed E-state index contributed by atoms with van der Waals surface area (Å²) in [5.74, 6) is 0. The van der Waals surface area contributed by atoms with Gasteiger partial charge < -0.3 is 10.1 Å². The number of ether oxygens (including phenoxy) is 1. The van der Waals surface area contributed by atoms with Gasteiger partial charge in [0.1, 0.15) is 0 Å². The molecule has 0 aromatic carbocycles. The molecule has 0 radical (unpaired) electrons. The highest BCUT2D eigenvalue weighted by molar-refractivity contribution is 7.15. The van der Waals surface area contributed by atoms with E-state index in [1.807, 2.05) is 0 Å². The van der Waals surface area contributed by atoms with E-state index in [1.165, 1.54) is 11.4 Å². The van der Waals surface area contributed by atoms with Crippen LogP contribution in [0.1, 0.15) is 23.5 Å². The number of methoxy groups -OCH3 is 1. The summed E-state index contributed by atoms with van der Waals surface area (Å²) in [5, 5.41) is 5.59. The van der Waals surface area contributed by atoms with Crippen LogP contribution in [0.15, 0.2) is 5.38 Å². The molecule has 17 heavy (non-hydrogen) atoms. The molecule has 0 spiro atoms. The van der Waals surface area contributed by atoms with Crippen LogP contribution in [0, 0.1) is 13.8 Å². The fourth-order valence-corrected chi connectivity index (χ4v) is 2.85. The van der Waals surface area contributed by atoms with Gasteiger partial charge in [-0.1, -0.05) is 0 Å². The lowest BCUT2D eigenvalue weighted by Gasteiger charge is -2.05. The summed E-state index contributed by atoms with van der Waals surface area (Å²) in [6.07, 6.45) is 1.04. The number of nitrogens with zero attached hydrogens (tertiary/aromatic N) is 2. The summed E-state index contributed by atoms with van der Waals surface area (Å²) in [6, 6.07) is 0. The molecule has 0 saturated carbocycles. The molecule has 5 heteroatoms. The van der Waals surface area contributed by atoms with Crippen LogP contribution in [0.3, 0.4) is 0 Å². The van der Waals surface area contributed by atoms with Crippen molar-refractivity contribution in [3.63, 3.8) is 0 Å². The van der Waals surface area contributed by atoms with Gasteiger partial charge in [-0.25, -0.2) is 4.98 Å². The smallest absolute Gasteiger partial charge is 0.194 e. The largest absolute Gasteiger partial charge is 0.385 e. The molecule has 1 N–H and O–H groups in total. The van der Waals surface area contributed by atoms with E-state index in [1.54, 1.807) is 18.4 Å². The van der Waals surface area contributed by atoms with Gasteiger partial charge in [0.05, 0.1) is 11.4 Å². The van der Waals surface area contributed by atoms with Crippen molar-refractivity contribution >= 4 is 16.3 Å². The molecule has 4 nitrogen and oxygen atoms in total. The number of nitrogens with one attached hydrogen (secondary N) is 1. The highest BCUT2D eigenvalue weighted by atomic mass is 32.1. The van der Waals surface area contributed by atoms with Crippen molar-refractivity contribution in [2.24, 2.45) is 0 Å². The molecular weight excluding hydrogens is 234 g/mol. The maximum Gasteiger partial charge on any atom is 0.194 e. The average molecular weight is 253 g/mol. The molecule has 0 unspecified atom stereocenters. The molecule has 2 heterocycles. The normalized spacial score (nSPS) is 11.5. The van der Waals surface area contributed by atoms with Gasteiger partial charge in [-0.2, -0.15) is 0 Å². The van der Waals surface area contributed by atoms with Crippen molar-refractivity contribution in [3.05, 3.63) is 22.5 Å². The summed E-state index contributed by atoms with van der Waals surface area (Å²) >= 11 is 1.70. The maximum absolute atomic E-state index is 5.02. The number of fused-ring (bicyclic) bond motifs is 1. The number of aryl methyl sites for hydroxylation is 2. The average Bonchev–Trinajstić information content (AvgIpc) is 2.80. The molecule has 0 fully saturated rings. The van der Waals surface area contributed by atoms with Gasteiger partial charge in [-0.05, 0) is 26.8 Å². The van der Waals surface area contributed by atoms with Gasteiger partial charge >= 0.3 is 0 Å². The molecule has 94 valence electrons. The van der Waals surface area contributed by atoms with Gasteiger partial charge in [-0.3, -0.25) is 4.40 Å². The molecule has 0 bridgehead atoms. The number of hydrogen-bond donors (Lipinski definition) is 1. The fourth-order valence-electron chi connectivity index (χ4n) is 1.92. The molecule has 2 aromatic heterocycles. The summed E-state index contributed by atoms with van der Waals surface area (Å²) < 4.78 is 7.26. The summed E-state index contributed by atoms with van der Waals surface area (Å²) in [6.45, 7) is 6.85. The number of aromatic nitrogens is 2. The van der Waals surface area contributed by atoms with Crippen LogP contribution in [0.2, 0.25) is 0 Å². The Bertz CT molecular complexity index is 489. The van der Waals surface area contributed by atoms with Gasteiger partial charge in [0.2, 0.25) is 0 Å². The van der Waals surface area contributed by atoms with E-state index in [9.17, 15) is 0 Å². The first kappa shape index (κ1) is 12.5. The quantitative estimate of drug-likeness (QED) is 0.802. The second-order valence-electron chi connectivity index (χ2n) is 4.16. The predicted molar refractivity (Wildman–Crippen MR) is 70.7 cm³/mol. The first-order chi connectivity index (χ1) is 8.24. The van der Waals surface area contributed by atoms with Crippen molar-refractivity contribution in [1.29, 1.82) is 0 Å². The van der Waals surface area contributed by atoms with Crippen LogP contribution >= 0.6 is 11.3 Å². The van der Waals surface area contributed by atoms with Crippen LogP contribution in [0.5, 0.6) is 0 Å². The van der Waals surface area contributed by atoms with Crippen LogP contribution in [0.4, 0.5) is 0 Å². The van der Waals surface area contributed by atoms with E-state index in [0.717, 1.165) is 36.8 Å². The Hall–Kier alpha value is -0.910. The van der Waals surface area contributed by atoms with Crippen molar-refractivity contribution in [2.75, 3.05) is 20.3 Å². The first-order valence-corrected chi connectivity index (χ1v) is 6.73. The Labute approximate surface area is 106 Å². The lowest BCUT2D eigenvalue weighted by Crippen LogP contribution is -2.18. The lowest BCUT2D eigenvalue weighted by atomic mass is 10.3. The van der Waals surface area contributed by atoms with Crippen LogP contribution in [-0.2, 0) is 11.3 Å². The highest BCUT2D eigenvalue weighted by Crippen LogP contribution is 2.20. The molecule has 0 aliphatic rings. The molecule has 0 atom stereocenters. The third-order valence-electron chi connectivity index (χ3n) is 2.82. The number of thiazole rings is 1. The van der Waals surface area contributed by atoms with Crippen molar-refractivity contribution in [3.8, 4) is 0 Å². The zero-order chi connectivity index (χ0) is 12.3. The molecular formula is C12H19N3OS. The van der Waals surface area contributed by atoms with Gasteiger partial charge in [-0.15, -0.1) is 11.3 Å². The van der Waals surface area contributed by atoms with E-state index in [0.29, 0.717) is 0 Å². The third kappa shape index (κ3) is 2.68. The van der Waals surface area contributed by atoms with E-state index in [4.69, 9.17) is 4.74 Å². The molecule has 2 rings (SSSR count). The molecule has 0 aliphatic heterocycles. The van der Waals surface area contributed by atoms with Crippen LogP contribution < -0.4 is 5.32 Å². The van der Waals surface area contributed by atoms with E-state index in [2.05, 4.69) is 33.9 Å². The molecule has 0 aliphatic carbocycles. The topological polar surface area (TPSA) is 38.6 Å². The standard InChI is InChI=1S/C12H19N3OS/c1-9-8-17-12-14-10(2)11(15(9)12)7-13-5-4-6-16-3/h8,13H,4-7H2,1-3H3. The Morgan fingerprint density at radius 3 is 3.06 bits per heavy atom. The minimum atomic E-state index is 0.811. The Morgan fingerprint density at radius 1 is 1.47 bits per heavy atom. The number of imidazole rings is 1. The van der Waals surface area contributed by atoms with E-state index in [-0.39, 0.29) is 0 Å². The monoisotopic (exact) mass is 253 g/mol. The molecule has 0 amide bonds. The van der Waals surface area contributed by atoms with Crippen LogP contribution in [-0.4, -0.2) is 29.6 Å². The minimum absolute atomic E-state index is 0.811. The van der Waals surface area contributed by atoms with Crippen molar-refractivity contribution in [2.45, 2.75) is 26.8 Å². The van der Waals surface area contributed by atoms with Crippen LogP contribution in [0.25, 0.3) is 4.96 Å². The van der Waals surface area contributed by atoms with Gasteiger partial charge in [0.15, 0.2) is 4.96 Å². The molecule has 0 saturated heterocycles. The second kappa shape index (κ2) is 5.62. The van der Waals surface area contributed by atoms with E-state index < -0.39 is 0 Å². The zero-order valence-corrected chi connectivity index (χ0v) is 11.4. The predicted octanol–water partition coefficient (Wildman–Crippen LogP) is 2.14. The highest BCUT2D eigenvalue weighted by Gasteiger charge is 2.11. The van der Waals surface area contributed by atoms with Crippen molar-refractivity contribution in [1.82, 2.24) is 14.7 Å². The Balaban J connectivity index is 2.02. The van der Waals surface area contributed by atoms with Crippen molar-refractivity contribution < 1.29 is 4.74 Å². The maximum atomic E-state index is 5.02. The third-order valence-corrected chi connectivity index (χ3v) is 3.77. The first-order valence-electron chi connectivity index (χ1n) is 5.85. The lowest BCUT2D eigenvalue weighted by molar-refractivity contribution is 0.194. The van der Waals surface area contributed by atoms with Gasteiger partial charge in [0.25, 0.3) is 0 Å². The second-order valence-corrected chi connectivity index (χ2v) is 5.00. The summed E-state index contributed by atoms with van der Waals surface area (Å²) in [7, 11) is 1.74. The molecule has 2 aromatic rings. The Kier molecular flexibility index (Phi) is 4.15. The summed E-state index contributed by atoms with van der Waals surface area (Å²) in [5.41, 5.74) is 3.66. The minimum Gasteiger partial charge on any atom is -0.385 e.